The summed E-state index contributed by atoms with van der Waals surface area (Å²) in [6.45, 7) is 0.955. The van der Waals surface area contributed by atoms with Crippen molar-refractivity contribution in [1.29, 1.82) is 5.26 Å². The summed E-state index contributed by atoms with van der Waals surface area (Å²) in [7, 11) is 0. The van der Waals surface area contributed by atoms with Crippen LogP contribution in [0.25, 0.3) is 10.9 Å². The summed E-state index contributed by atoms with van der Waals surface area (Å²) < 4.78 is 1.11. The van der Waals surface area contributed by atoms with Crippen LogP contribution in [0.1, 0.15) is 28.4 Å². The Bertz CT molecular complexity index is 887. The third-order valence-corrected chi connectivity index (χ3v) is 4.78. The first-order chi connectivity index (χ1) is 10.8. The molecule has 1 aliphatic heterocycles. The molecular weight excluding hydrogens is 338 g/mol. The van der Waals surface area contributed by atoms with Crippen molar-refractivity contribution in [2.24, 2.45) is 0 Å². The Morgan fingerprint density at radius 2 is 1.95 bits per heavy atom. The highest BCUT2D eigenvalue weighted by atomic mass is 79.9. The molecule has 0 fully saturated rings. The summed E-state index contributed by atoms with van der Waals surface area (Å²) in [6.07, 6.45) is 1.03. The molecular formula is C18H14BrN3. The van der Waals surface area contributed by atoms with E-state index in [0.29, 0.717) is 5.56 Å². The van der Waals surface area contributed by atoms with Gasteiger partial charge in [-0.05, 0) is 47.9 Å². The van der Waals surface area contributed by atoms with Crippen molar-refractivity contribution < 1.29 is 0 Å². The lowest BCUT2D eigenvalue weighted by Gasteiger charge is -2.24. The van der Waals surface area contributed by atoms with E-state index in [9.17, 15) is 0 Å². The number of rotatable bonds is 1. The minimum atomic E-state index is 0.155. The van der Waals surface area contributed by atoms with Gasteiger partial charge in [-0.25, -0.2) is 0 Å². The lowest BCUT2D eigenvalue weighted by molar-refractivity contribution is 0.560. The maximum absolute atomic E-state index is 8.94. The van der Waals surface area contributed by atoms with Crippen LogP contribution in [0.4, 0.5) is 0 Å². The summed E-state index contributed by atoms with van der Waals surface area (Å²) in [5.74, 6) is 0. The number of H-pyrrole nitrogens is 1. The van der Waals surface area contributed by atoms with Crippen LogP contribution in [0.3, 0.4) is 0 Å². The summed E-state index contributed by atoms with van der Waals surface area (Å²) in [5, 5.41) is 13.8. The van der Waals surface area contributed by atoms with Gasteiger partial charge in [0.15, 0.2) is 0 Å². The van der Waals surface area contributed by atoms with E-state index < -0.39 is 0 Å². The van der Waals surface area contributed by atoms with Crippen LogP contribution in [-0.4, -0.2) is 11.5 Å². The molecule has 2 aromatic carbocycles. The summed E-state index contributed by atoms with van der Waals surface area (Å²) >= 11 is 3.56. The normalized spacial score (nSPS) is 17.2. The van der Waals surface area contributed by atoms with Gasteiger partial charge < -0.3 is 10.3 Å². The van der Waals surface area contributed by atoms with E-state index in [-0.39, 0.29) is 6.04 Å². The highest BCUT2D eigenvalue weighted by Gasteiger charge is 2.25. The molecule has 4 heteroatoms. The van der Waals surface area contributed by atoms with Gasteiger partial charge in [0.25, 0.3) is 0 Å². The predicted octanol–water partition coefficient (Wildman–Crippen LogP) is 4.04. The SMILES string of the molecule is N#Cc1ccc(C2NCCc3c2[nH]c2ccc(Br)cc32)cc1. The van der Waals surface area contributed by atoms with Crippen LogP contribution < -0.4 is 5.32 Å². The maximum atomic E-state index is 8.94. The van der Waals surface area contributed by atoms with Crippen LogP contribution in [-0.2, 0) is 6.42 Å². The van der Waals surface area contributed by atoms with Crippen molar-refractivity contribution in [2.75, 3.05) is 6.54 Å². The molecule has 0 radical (unpaired) electrons. The number of aromatic amines is 1. The Morgan fingerprint density at radius 1 is 1.14 bits per heavy atom. The number of hydrogen-bond donors (Lipinski definition) is 2. The van der Waals surface area contributed by atoms with E-state index in [4.69, 9.17) is 5.26 Å². The highest BCUT2D eigenvalue weighted by molar-refractivity contribution is 9.10. The Labute approximate surface area is 137 Å². The third kappa shape index (κ3) is 2.14. The monoisotopic (exact) mass is 351 g/mol. The quantitative estimate of drug-likeness (QED) is 0.695. The van der Waals surface area contributed by atoms with Crippen molar-refractivity contribution in [3.05, 3.63) is 69.3 Å². The van der Waals surface area contributed by atoms with E-state index in [2.05, 4.69) is 50.5 Å². The van der Waals surface area contributed by atoms with Crippen molar-refractivity contribution in [3.8, 4) is 6.07 Å². The van der Waals surface area contributed by atoms with Gasteiger partial charge in [-0.3, -0.25) is 0 Å². The second kappa shape index (κ2) is 5.28. The minimum absolute atomic E-state index is 0.155. The van der Waals surface area contributed by atoms with Gasteiger partial charge in [-0.1, -0.05) is 28.1 Å². The topological polar surface area (TPSA) is 51.6 Å². The second-order valence-corrected chi connectivity index (χ2v) is 6.49. The summed E-state index contributed by atoms with van der Waals surface area (Å²) in [6, 6.07) is 16.5. The number of halogens is 1. The number of fused-ring (bicyclic) bond motifs is 3. The molecule has 2 N–H and O–H groups in total. The van der Waals surface area contributed by atoms with E-state index in [1.165, 1.54) is 27.7 Å². The molecule has 1 atom stereocenters. The lowest BCUT2D eigenvalue weighted by atomic mass is 9.94. The van der Waals surface area contributed by atoms with Crippen molar-refractivity contribution in [1.82, 2.24) is 10.3 Å². The van der Waals surface area contributed by atoms with Crippen LogP contribution >= 0.6 is 15.9 Å². The van der Waals surface area contributed by atoms with Crippen LogP contribution in [0.15, 0.2) is 46.9 Å². The van der Waals surface area contributed by atoms with Gasteiger partial charge in [0, 0.05) is 27.6 Å². The Kier molecular flexibility index (Phi) is 3.25. The smallest absolute Gasteiger partial charge is 0.0991 e. The highest BCUT2D eigenvalue weighted by Crippen LogP contribution is 2.34. The number of nitriles is 1. The van der Waals surface area contributed by atoms with E-state index in [0.717, 1.165) is 17.4 Å². The average molecular weight is 352 g/mol. The molecule has 1 unspecified atom stereocenters. The molecule has 0 amide bonds. The first-order valence-electron chi connectivity index (χ1n) is 7.30. The Morgan fingerprint density at radius 3 is 2.73 bits per heavy atom. The van der Waals surface area contributed by atoms with Gasteiger partial charge in [0.1, 0.15) is 0 Å². The predicted molar refractivity (Wildman–Crippen MR) is 90.7 cm³/mol. The maximum Gasteiger partial charge on any atom is 0.0991 e. The van der Waals surface area contributed by atoms with Gasteiger partial charge in [-0.15, -0.1) is 0 Å². The van der Waals surface area contributed by atoms with E-state index in [1.807, 2.05) is 24.3 Å². The zero-order valence-corrected chi connectivity index (χ0v) is 13.4. The lowest BCUT2D eigenvalue weighted by Crippen LogP contribution is -2.30. The fourth-order valence-corrected chi connectivity index (χ4v) is 3.60. The van der Waals surface area contributed by atoms with E-state index in [1.54, 1.807) is 0 Å². The van der Waals surface area contributed by atoms with Gasteiger partial charge in [0.05, 0.1) is 17.7 Å². The Hall–Kier alpha value is -2.09. The van der Waals surface area contributed by atoms with Crippen LogP contribution in [0, 0.1) is 11.3 Å². The summed E-state index contributed by atoms with van der Waals surface area (Å²) in [5.41, 5.74) is 5.69. The molecule has 1 aliphatic rings. The average Bonchev–Trinajstić information content (AvgIpc) is 2.93. The van der Waals surface area contributed by atoms with Crippen molar-refractivity contribution in [3.63, 3.8) is 0 Å². The summed E-state index contributed by atoms with van der Waals surface area (Å²) in [4.78, 5) is 3.57. The van der Waals surface area contributed by atoms with Crippen molar-refractivity contribution >= 4 is 26.8 Å². The number of aromatic nitrogens is 1. The number of nitrogens with one attached hydrogen (secondary N) is 2. The zero-order valence-electron chi connectivity index (χ0n) is 11.9. The molecule has 108 valence electrons. The molecule has 22 heavy (non-hydrogen) atoms. The molecule has 2 heterocycles. The number of hydrogen-bond acceptors (Lipinski definition) is 2. The molecule has 0 saturated heterocycles. The molecule has 1 aromatic heterocycles. The van der Waals surface area contributed by atoms with E-state index >= 15 is 0 Å². The molecule has 0 saturated carbocycles. The third-order valence-electron chi connectivity index (χ3n) is 4.29. The van der Waals surface area contributed by atoms with Gasteiger partial charge in [-0.2, -0.15) is 5.26 Å². The molecule has 3 nitrogen and oxygen atoms in total. The molecule has 4 rings (SSSR count). The largest absolute Gasteiger partial charge is 0.357 e. The number of nitrogens with zero attached hydrogens (tertiary/aromatic N) is 1. The van der Waals surface area contributed by atoms with Crippen LogP contribution in [0.2, 0.25) is 0 Å². The van der Waals surface area contributed by atoms with Gasteiger partial charge in [0.2, 0.25) is 0 Å². The standard InChI is InChI=1S/C18H14BrN3/c19-13-5-6-16-15(9-13)14-7-8-21-17(18(14)22-16)12-3-1-11(10-20)2-4-12/h1-6,9,17,21-22H,7-8H2. The second-order valence-electron chi connectivity index (χ2n) is 5.58. The first-order valence-corrected chi connectivity index (χ1v) is 8.09. The molecule has 0 spiro atoms. The zero-order chi connectivity index (χ0) is 15.1. The van der Waals surface area contributed by atoms with Gasteiger partial charge >= 0.3 is 0 Å². The molecule has 0 aliphatic carbocycles. The number of benzene rings is 2. The minimum Gasteiger partial charge on any atom is -0.357 e. The van der Waals surface area contributed by atoms with Crippen molar-refractivity contribution in [2.45, 2.75) is 12.5 Å². The van der Waals surface area contributed by atoms with Crippen LogP contribution in [0.5, 0.6) is 0 Å². The first kappa shape index (κ1) is 13.6. The molecule has 3 aromatic rings. The fourth-order valence-electron chi connectivity index (χ4n) is 3.23. The molecule has 0 bridgehead atoms. The fraction of sp³-hybridized carbons (Fsp3) is 0.167. The Balaban J connectivity index is 1.84.